The molecular formula is C26H24F3N5O4. The second kappa shape index (κ2) is 9.75. The van der Waals surface area contributed by atoms with Crippen LogP contribution in [0.1, 0.15) is 48.5 Å². The number of piperidine rings is 1. The van der Waals surface area contributed by atoms with E-state index in [1.54, 1.807) is 18.3 Å². The van der Waals surface area contributed by atoms with Crippen molar-refractivity contribution in [3.8, 4) is 22.8 Å². The number of aromatic amines is 1. The van der Waals surface area contributed by atoms with Gasteiger partial charge in [-0.1, -0.05) is 28.5 Å². The number of aromatic nitrogens is 4. The molecule has 0 bridgehead atoms. The molecule has 0 atom stereocenters. The van der Waals surface area contributed by atoms with Gasteiger partial charge in [0.2, 0.25) is 5.82 Å². The highest BCUT2D eigenvalue weighted by Crippen LogP contribution is 2.46. The van der Waals surface area contributed by atoms with Gasteiger partial charge in [-0.25, -0.2) is 4.79 Å². The number of rotatable bonds is 7. The van der Waals surface area contributed by atoms with Crippen LogP contribution in [-0.2, 0) is 17.5 Å². The van der Waals surface area contributed by atoms with Crippen molar-refractivity contribution >= 4 is 5.69 Å². The van der Waals surface area contributed by atoms with Crippen molar-refractivity contribution in [2.45, 2.75) is 50.5 Å². The van der Waals surface area contributed by atoms with E-state index in [4.69, 9.17) is 9.26 Å². The molecule has 1 saturated heterocycles. The molecule has 3 aromatic heterocycles. The predicted molar refractivity (Wildman–Crippen MR) is 129 cm³/mol. The van der Waals surface area contributed by atoms with E-state index < -0.39 is 17.5 Å². The first-order valence-electron chi connectivity index (χ1n) is 12.4. The third kappa shape index (κ3) is 4.95. The van der Waals surface area contributed by atoms with E-state index in [-0.39, 0.29) is 35.7 Å². The fourth-order valence-electron chi connectivity index (χ4n) is 4.81. The molecule has 198 valence electrons. The lowest BCUT2D eigenvalue weighted by atomic mass is 9.99. The highest BCUT2D eigenvalue weighted by atomic mass is 19.4. The van der Waals surface area contributed by atoms with E-state index in [9.17, 15) is 18.0 Å². The molecule has 1 aliphatic carbocycles. The van der Waals surface area contributed by atoms with Crippen LogP contribution in [0.5, 0.6) is 0 Å². The summed E-state index contributed by atoms with van der Waals surface area (Å²) in [4.78, 5) is 20.2. The van der Waals surface area contributed by atoms with Gasteiger partial charge in [-0.3, -0.25) is 14.5 Å². The third-order valence-electron chi connectivity index (χ3n) is 6.96. The maximum absolute atomic E-state index is 13.7. The summed E-state index contributed by atoms with van der Waals surface area (Å²) in [7, 11) is 0. The van der Waals surface area contributed by atoms with Crippen molar-refractivity contribution in [3.63, 3.8) is 0 Å². The van der Waals surface area contributed by atoms with E-state index in [0.29, 0.717) is 17.0 Å². The lowest BCUT2D eigenvalue weighted by Gasteiger charge is -2.33. The van der Waals surface area contributed by atoms with Crippen LogP contribution >= 0.6 is 0 Å². The van der Waals surface area contributed by atoms with Crippen LogP contribution in [0.25, 0.3) is 22.8 Å². The van der Waals surface area contributed by atoms with Gasteiger partial charge in [-0.2, -0.15) is 13.2 Å². The molecule has 1 N–H and O–H groups in total. The van der Waals surface area contributed by atoms with Gasteiger partial charge in [0.05, 0.1) is 30.2 Å². The van der Waals surface area contributed by atoms with Crippen molar-refractivity contribution in [1.82, 2.24) is 20.3 Å². The van der Waals surface area contributed by atoms with Crippen molar-refractivity contribution < 1.29 is 27.0 Å². The highest BCUT2D eigenvalue weighted by molar-refractivity contribution is 5.68. The smallest absolute Gasteiger partial charge is 0.373 e. The van der Waals surface area contributed by atoms with Gasteiger partial charge in [0, 0.05) is 30.1 Å². The number of hydrogen-bond acceptors (Lipinski definition) is 8. The zero-order valence-corrected chi connectivity index (χ0v) is 20.2. The van der Waals surface area contributed by atoms with Gasteiger partial charge in [0.25, 0.3) is 0 Å². The first-order valence-corrected chi connectivity index (χ1v) is 12.4. The van der Waals surface area contributed by atoms with E-state index in [1.165, 1.54) is 12.1 Å². The largest absolute Gasteiger partial charge is 0.439 e. The van der Waals surface area contributed by atoms with Crippen molar-refractivity contribution in [3.05, 3.63) is 70.0 Å². The Balaban J connectivity index is 1.12. The fraction of sp³-hybridized carbons (Fsp3) is 0.385. The Morgan fingerprint density at radius 1 is 1.03 bits per heavy atom. The van der Waals surface area contributed by atoms with Crippen LogP contribution < -0.4 is 10.7 Å². The summed E-state index contributed by atoms with van der Waals surface area (Å²) in [6.45, 7) is 1.61. The Morgan fingerprint density at radius 2 is 1.82 bits per heavy atom. The number of pyridine rings is 1. The average molecular weight is 528 g/mol. The molecule has 0 unspecified atom stereocenters. The highest BCUT2D eigenvalue weighted by Gasteiger charge is 2.37. The summed E-state index contributed by atoms with van der Waals surface area (Å²) >= 11 is 0. The second-order valence-electron chi connectivity index (χ2n) is 9.53. The molecule has 0 radical (unpaired) electrons. The van der Waals surface area contributed by atoms with Gasteiger partial charge in [0.1, 0.15) is 17.1 Å². The molecule has 9 nitrogen and oxygen atoms in total. The molecule has 4 heterocycles. The minimum atomic E-state index is -4.50. The zero-order valence-electron chi connectivity index (χ0n) is 20.2. The maximum atomic E-state index is 13.7. The first kappa shape index (κ1) is 24.4. The first-order chi connectivity index (χ1) is 18.4. The van der Waals surface area contributed by atoms with Crippen molar-refractivity contribution in [2.75, 3.05) is 18.0 Å². The van der Waals surface area contributed by atoms with Crippen LogP contribution in [0.2, 0.25) is 0 Å². The van der Waals surface area contributed by atoms with E-state index in [0.717, 1.165) is 50.5 Å². The van der Waals surface area contributed by atoms with Crippen LogP contribution in [0, 0.1) is 0 Å². The quantitative estimate of drug-likeness (QED) is 0.351. The molecule has 38 heavy (non-hydrogen) atoms. The molecule has 1 saturated carbocycles. The lowest BCUT2D eigenvalue weighted by molar-refractivity contribution is -0.137. The monoisotopic (exact) mass is 527 g/mol. The normalized spacial score (nSPS) is 16.8. The lowest BCUT2D eigenvalue weighted by Crippen LogP contribution is -2.37. The average Bonchev–Trinajstić information content (AvgIpc) is 3.53. The molecular weight excluding hydrogens is 503 g/mol. The van der Waals surface area contributed by atoms with Crippen LogP contribution in [0.3, 0.4) is 0 Å². The number of halogens is 3. The summed E-state index contributed by atoms with van der Waals surface area (Å²) in [5, 5.41) is 7.71. The Kier molecular flexibility index (Phi) is 6.26. The number of H-pyrrole nitrogens is 1. The van der Waals surface area contributed by atoms with Crippen LogP contribution in [0.15, 0.2) is 56.4 Å². The van der Waals surface area contributed by atoms with Gasteiger partial charge in [-0.05, 0) is 43.9 Å². The zero-order chi connectivity index (χ0) is 26.3. The Bertz CT molecular complexity index is 1470. The molecule has 0 spiro atoms. The van der Waals surface area contributed by atoms with Crippen molar-refractivity contribution in [2.24, 2.45) is 0 Å². The minimum absolute atomic E-state index is 0.00899. The van der Waals surface area contributed by atoms with Gasteiger partial charge >= 0.3 is 11.9 Å². The number of hydrogen-bond donors (Lipinski definition) is 1. The SMILES string of the molecule is O=c1[nH]c(-c2ccc(N3CCC(OCc4c(-c5ccccc5C(F)(F)F)noc4C4CC4)CC3)cn2)no1. The van der Waals surface area contributed by atoms with E-state index in [2.05, 4.69) is 29.7 Å². The van der Waals surface area contributed by atoms with Gasteiger partial charge < -0.3 is 14.2 Å². The van der Waals surface area contributed by atoms with Crippen LogP contribution in [0.4, 0.5) is 18.9 Å². The molecule has 6 rings (SSSR count). The molecule has 1 aromatic carbocycles. The Morgan fingerprint density at radius 3 is 2.47 bits per heavy atom. The number of alkyl halides is 3. The number of ether oxygens (including phenoxy) is 1. The number of benzene rings is 1. The summed E-state index contributed by atoms with van der Waals surface area (Å²) < 4.78 is 57.4. The van der Waals surface area contributed by atoms with Gasteiger partial charge in [-0.15, -0.1) is 0 Å². The minimum Gasteiger partial charge on any atom is -0.373 e. The molecule has 0 amide bonds. The summed E-state index contributed by atoms with van der Waals surface area (Å²) in [6, 6.07) is 9.10. The number of nitrogens with zero attached hydrogens (tertiary/aromatic N) is 4. The summed E-state index contributed by atoms with van der Waals surface area (Å²) in [6.07, 6.45) is 0.521. The molecule has 1 aliphatic heterocycles. The standard InChI is InChI=1S/C26H24F3N5O4/c27-26(28,29)20-4-2-1-3-18(20)22-19(23(37-32-22)15-5-6-15)14-36-17-9-11-34(12-10-17)16-7-8-21(30-13-16)24-31-25(35)38-33-24/h1-4,7-8,13,15,17H,5-6,9-12,14H2,(H,31,33,35). The van der Waals surface area contributed by atoms with Crippen LogP contribution in [-0.4, -0.2) is 39.5 Å². The second-order valence-corrected chi connectivity index (χ2v) is 9.53. The van der Waals surface area contributed by atoms with E-state index >= 15 is 0 Å². The predicted octanol–water partition coefficient (Wildman–Crippen LogP) is 5.16. The van der Waals surface area contributed by atoms with E-state index in [1.807, 2.05) is 6.07 Å². The molecule has 4 aromatic rings. The number of anilines is 1. The topological polar surface area (TPSA) is 110 Å². The summed E-state index contributed by atoms with van der Waals surface area (Å²) in [5.74, 6) is 0.444. The Labute approximate surface area is 214 Å². The maximum Gasteiger partial charge on any atom is 0.439 e. The van der Waals surface area contributed by atoms with Crippen molar-refractivity contribution in [1.29, 1.82) is 0 Å². The fourth-order valence-corrected chi connectivity index (χ4v) is 4.81. The molecule has 2 aliphatic rings. The Hall–Kier alpha value is -3.93. The van der Waals surface area contributed by atoms with Gasteiger partial charge in [0.15, 0.2) is 0 Å². The molecule has 2 fully saturated rings. The molecule has 12 heteroatoms. The number of nitrogens with one attached hydrogen (secondary N) is 1. The third-order valence-corrected chi connectivity index (χ3v) is 6.96. The summed E-state index contributed by atoms with van der Waals surface area (Å²) in [5.41, 5.74) is 1.52.